The van der Waals surface area contributed by atoms with Crippen LogP contribution in [0.2, 0.25) is 0 Å². The summed E-state index contributed by atoms with van der Waals surface area (Å²) in [5.41, 5.74) is 0.658. The maximum Gasteiger partial charge on any atom is 0.270 e. The molecule has 2 rings (SSSR count). The van der Waals surface area contributed by atoms with Gasteiger partial charge in [0, 0.05) is 43.8 Å². The number of aromatic nitrogens is 1. The highest BCUT2D eigenvalue weighted by Crippen LogP contribution is 2.18. The van der Waals surface area contributed by atoms with Gasteiger partial charge in [0.2, 0.25) is 5.91 Å². The summed E-state index contributed by atoms with van der Waals surface area (Å²) in [5.74, 6) is -0.0352. The van der Waals surface area contributed by atoms with Gasteiger partial charge >= 0.3 is 0 Å². The largest absolute Gasteiger partial charge is 0.352 e. The summed E-state index contributed by atoms with van der Waals surface area (Å²) >= 11 is 3.36. The molecule has 18 heavy (non-hydrogen) atoms. The summed E-state index contributed by atoms with van der Waals surface area (Å²) < 4.78 is 2.70. The lowest BCUT2D eigenvalue weighted by Crippen LogP contribution is -2.37. The molecule has 5 nitrogen and oxygen atoms in total. The molecule has 1 saturated heterocycles. The fourth-order valence-corrected chi connectivity index (χ4v) is 2.77. The molecule has 0 bridgehead atoms. The minimum absolute atomic E-state index is 0.0102. The fraction of sp³-hybridized carbons (Fsp3) is 0.500. The third-order valence-corrected chi connectivity index (χ3v) is 3.51. The zero-order valence-corrected chi connectivity index (χ0v) is 12.0. The topological polar surface area (TPSA) is 54.3 Å². The molecular formula is C12H16BrN3O2. The lowest BCUT2D eigenvalue weighted by Gasteiger charge is -2.17. The number of halogens is 1. The van der Waals surface area contributed by atoms with Gasteiger partial charge < -0.3 is 14.8 Å². The number of hydrogen-bond donors (Lipinski definition) is 1. The van der Waals surface area contributed by atoms with Crippen LogP contribution in [-0.4, -0.2) is 40.4 Å². The van der Waals surface area contributed by atoms with E-state index in [2.05, 4.69) is 21.2 Å². The Hall–Kier alpha value is -1.30. The first-order valence-corrected chi connectivity index (χ1v) is 6.65. The van der Waals surface area contributed by atoms with Crippen LogP contribution in [-0.2, 0) is 11.8 Å². The van der Waals surface area contributed by atoms with Gasteiger partial charge in [-0.15, -0.1) is 0 Å². The van der Waals surface area contributed by atoms with Crippen LogP contribution in [0.1, 0.15) is 23.8 Å². The molecule has 0 aromatic carbocycles. The minimum atomic E-state index is -0.0455. The van der Waals surface area contributed by atoms with Gasteiger partial charge in [0.1, 0.15) is 5.69 Å². The standard InChI is InChI=1S/C12H16BrN3O2/c1-8(17)14-10-3-4-16(7-10)12(18)11-5-9(13)6-15(11)2/h5-6,10H,3-4,7H2,1-2H3,(H,14,17). The SMILES string of the molecule is CC(=O)NC1CCN(C(=O)c2cc(Br)cn2C)C1. The Balaban J connectivity index is 2.03. The van der Waals surface area contributed by atoms with Gasteiger partial charge in [0.15, 0.2) is 0 Å². The highest BCUT2D eigenvalue weighted by molar-refractivity contribution is 9.10. The van der Waals surface area contributed by atoms with Gasteiger partial charge in [-0.05, 0) is 28.4 Å². The molecule has 98 valence electrons. The van der Waals surface area contributed by atoms with Crippen molar-refractivity contribution >= 4 is 27.7 Å². The van der Waals surface area contributed by atoms with Crippen LogP contribution in [0, 0.1) is 0 Å². The number of carbonyl (C=O) groups is 2. The molecule has 1 aromatic rings. The molecule has 1 N–H and O–H groups in total. The van der Waals surface area contributed by atoms with E-state index in [0.717, 1.165) is 10.9 Å². The molecule has 2 amide bonds. The van der Waals surface area contributed by atoms with Gasteiger partial charge in [-0.25, -0.2) is 0 Å². The number of carbonyl (C=O) groups excluding carboxylic acids is 2. The predicted octanol–water partition coefficient (Wildman–Crippen LogP) is 1.14. The molecular weight excluding hydrogens is 298 g/mol. The van der Waals surface area contributed by atoms with Crippen molar-refractivity contribution in [3.63, 3.8) is 0 Å². The van der Waals surface area contributed by atoms with E-state index in [1.165, 1.54) is 6.92 Å². The maximum absolute atomic E-state index is 12.3. The van der Waals surface area contributed by atoms with E-state index in [0.29, 0.717) is 18.8 Å². The first-order chi connectivity index (χ1) is 8.47. The molecule has 1 atom stereocenters. The van der Waals surface area contributed by atoms with Crippen molar-refractivity contribution in [2.24, 2.45) is 7.05 Å². The van der Waals surface area contributed by atoms with Crippen LogP contribution >= 0.6 is 15.9 Å². The van der Waals surface area contributed by atoms with Crippen molar-refractivity contribution in [3.05, 3.63) is 22.4 Å². The first kappa shape index (κ1) is 13.1. The van der Waals surface area contributed by atoms with Crippen molar-refractivity contribution < 1.29 is 9.59 Å². The second-order valence-corrected chi connectivity index (χ2v) is 5.51. The zero-order valence-electron chi connectivity index (χ0n) is 10.4. The molecule has 0 saturated carbocycles. The number of hydrogen-bond acceptors (Lipinski definition) is 2. The Morgan fingerprint density at radius 3 is 2.78 bits per heavy atom. The third kappa shape index (κ3) is 2.75. The number of nitrogens with zero attached hydrogens (tertiary/aromatic N) is 2. The van der Waals surface area contributed by atoms with Gasteiger partial charge in [-0.1, -0.05) is 0 Å². The van der Waals surface area contributed by atoms with E-state index < -0.39 is 0 Å². The molecule has 0 spiro atoms. The number of rotatable bonds is 2. The summed E-state index contributed by atoms with van der Waals surface area (Å²) in [7, 11) is 1.85. The Bertz CT molecular complexity index is 484. The quantitative estimate of drug-likeness (QED) is 0.890. The van der Waals surface area contributed by atoms with E-state index in [4.69, 9.17) is 0 Å². The summed E-state index contributed by atoms with van der Waals surface area (Å²) in [6, 6.07) is 1.89. The highest BCUT2D eigenvalue weighted by Gasteiger charge is 2.28. The molecule has 1 fully saturated rings. The molecule has 0 aliphatic carbocycles. The highest BCUT2D eigenvalue weighted by atomic mass is 79.9. The number of likely N-dealkylation sites (tertiary alicyclic amines) is 1. The number of aryl methyl sites for hydroxylation is 1. The number of nitrogens with one attached hydrogen (secondary N) is 1. The van der Waals surface area contributed by atoms with E-state index in [9.17, 15) is 9.59 Å². The maximum atomic E-state index is 12.3. The molecule has 1 aromatic heterocycles. The van der Waals surface area contributed by atoms with E-state index >= 15 is 0 Å². The first-order valence-electron chi connectivity index (χ1n) is 5.85. The summed E-state index contributed by atoms with van der Waals surface area (Å²) in [5, 5.41) is 2.85. The minimum Gasteiger partial charge on any atom is -0.352 e. The van der Waals surface area contributed by atoms with Crippen molar-refractivity contribution in [1.82, 2.24) is 14.8 Å². The van der Waals surface area contributed by atoms with Gasteiger partial charge in [0.25, 0.3) is 5.91 Å². The number of amides is 2. The van der Waals surface area contributed by atoms with Crippen molar-refractivity contribution in [2.75, 3.05) is 13.1 Å². The van der Waals surface area contributed by atoms with Crippen molar-refractivity contribution in [1.29, 1.82) is 0 Å². The smallest absolute Gasteiger partial charge is 0.270 e. The Morgan fingerprint density at radius 1 is 1.50 bits per heavy atom. The summed E-state index contributed by atoms with van der Waals surface area (Å²) in [6.07, 6.45) is 2.67. The molecule has 1 unspecified atom stereocenters. The molecule has 2 heterocycles. The van der Waals surface area contributed by atoms with Crippen LogP contribution in [0.4, 0.5) is 0 Å². The predicted molar refractivity (Wildman–Crippen MR) is 71.2 cm³/mol. The van der Waals surface area contributed by atoms with E-state index in [1.54, 1.807) is 9.47 Å². The lowest BCUT2D eigenvalue weighted by molar-refractivity contribution is -0.119. The van der Waals surface area contributed by atoms with E-state index in [-0.39, 0.29) is 17.9 Å². The summed E-state index contributed by atoms with van der Waals surface area (Å²) in [6.45, 7) is 2.77. The normalized spacial score (nSPS) is 19.1. The molecule has 6 heteroatoms. The van der Waals surface area contributed by atoms with E-state index in [1.807, 2.05) is 19.3 Å². The van der Waals surface area contributed by atoms with Crippen LogP contribution in [0.5, 0.6) is 0 Å². The van der Waals surface area contributed by atoms with Crippen molar-refractivity contribution in [2.45, 2.75) is 19.4 Å². The molecule has 1 aliphatic heterocycles. The van der Waals surface area contributed by atoms with Crippen molar-refractivity contribution in [3.8, 4) is 0 Å². The Labute approximate surface area is 114 Å². The van der Waals surface area contributed by atoms with Crippen LogP contribution < -0.4 is 5.32 Å². The monoisotopic (exact) mass is 313 g/mol. The summed E-state index contributed by atoms with van der Waals surface area (Å²) in [4.78, 5) is 25.0. The fourth-order valence-electron chi connectivity index (χ4n) is 2.25. The third-order valence-electron chi connectivity index (χ3n) is 3.07. The zero-order chi connectivity index (χ0) is 13.3. The molecule has 0 radical (unpaired) electrons. The average Bonchev–Trinajstić information content (AvgIpc) is 2.84. The second-order valence-electron chi connectivity index (χ2n) is 4.59. The average molecular weight is 314 g/mol. The Kier molecular flexibility index (Phi) is 3.75. The van der Waals surface area contributed by atoms with Gasteiger partial charge in [-0.2, -0.15) is 0 Å². The van der Waals surface area contributed by atoms with Gasteiger partial charge in [-0.3, -0.25) is 9.59 Å². The lowest BCUT2D eigenvalue weighted by atomic mass is 10.2. The Morgan fingerprint density at radius 2 is 2.22 bits per heavy atom. The van der Waals surface area contributed by atoms with Gasteiger partial charge in [0.05, 0.1) is 0 Å². The van der Waals surface area contributed by atoms with Crippen LogP contribution in [0.25, 0.3) is 0 Å². The van der Waals surface area contributed by atoms with Crippen LogP contribution in [0.15, 0.2) is 16.7 Å². The molecule has 1 aliphatic rings. The van der Waals surface area contributed by atoms with Crippen LogP contribution in [0.3, 0.4) is 0 Å². The second kappa shape index (κ2) is 5.14.